The first-order valence-corrected chi connectivity index (χ1v) is 16.6. The molecule has 61 heavy (non-hydrogen) atoms. The minimum absolute atomic E-state index is 0. The minimum atomic E-state index is -1.43. The van der Waals surface area contributed by atoms with Crippen molar-refractivity contribution in [2.24, 2.45) is 0 Å². The summed E-state index contributed by atoms with van der Waals surface area (Å²) in [7, 11) is 0. The second-order valence-electron chi connectivity index (χ2n) is 10.8. The van der Waals surface area contributed by atoms with Crippen molar-refractivity contribution < 1.29 is 94.5 Å². The van der Waals surface area contributed by atoms with Crippen LogP contribution in [0.5, 0.6) is 17.2 Å². The van der Waals surface area contributed by atoms with Crippen LogP contribution in [0.2, 0.25) is 0 Å². The van der Waals surface area contributed by atoms with Crippen LogP contribution in [0, 0.1) is 0 Å². The normalized spacial score (nSPS) is 8.80. The van der Waals surface area contributed by atoms with Crippen LogP contribution in [-0.2, 0) is 38.9 Å². The van der Waals surface area contributed by atoms with Gasteiger partial charge in [0, 0.05) is 31.7 Å². The Hall–Kier alpha value is -7.30. The first kappa shape index (κ1) is 55.8. The van der Waals surface area contributed by atoms with Crippen LogP contribution < -0.4 is 25.2 Å². The van der Waals surface area contributed by atoms with Gasteiger partial charge in [-0.1, -0.05) is 96.4 Å². The van der Waals surface area contributed by atoms with Crippen LogP contribution in [0.3, 0.4) is 0 Å². The Kier molecular flexibility index (Phi) is 28.1. The van der Waals surface area contributed by atoms with E-state index in [-0.39, 0.29) is 67.5 Å². The molecule has 0 amide bonds. The third kappa shape index (κ3) is 20.3. The predicted molar refractivity (Wildman–Crippen MR) is 207 cm³/mol. The molecule has 7 aromatic rings. The van der Waals surface area contributed by atoms with Gasteiger partial charge in [0.1, 0.15) is 11.3 Å². The van der Waals surface area contributed by atoms with Gasteiger partial charge in [-0.15, -0.1) is 0 Å². The fraction of sp³-hybridized carbons (Fsp3) is 0.0233. The monoisotopic (exact) mass is 926 g/mol. The second-order valence-corrected chi connectivity index (χ2v) is 10.8. The van der Waals surface area contributed by atoms with Crippen LogP contribution >= 0.6 is 0 Å². The molecule has 0 aliphatic carbocycles. The third-order valence-corrected chi connectivity index (χ3v) is 6.77. The topological polar surface area (TPSA) is 305 Å². The van der Waals surface area contributed by atoms with Crippen molar-refractivity contribution in [2.75, 3.05) is 0 Å². The summed E-state index contributed by atoms with van der Waals surface area (Å²) >= 11 is 0. The van der Waals surface area contributed by atoms with Crippen molar-refractivity contribution in [2.45, 2.75) is 6.92 Å². The molecule has 16 nitrogen and oxygen atoms in total. The Bertz CT molecular complexity index is 2130. The van der Waals surface area contributed by atoms with Crippen molar-refractivity contribution in [3.05, 3.63) is 187 Å². The number of carbonyl (C=O) groups excluding carboxylic acids is 3. The summed E-state index contributed by atoms with van der Waals surface area (Å²) in [6.45, 7) is 1.22. The van der Waals surface area contributed by atoms with Crippen LogP contribution in [0.15, 0.2) is 170 Å². The van der Waals surface area contributed by atoms with Crippen LogP contribution in [0.1, 0.15) is 38.0 Å². The van der Waals surface area contributed by atoms with E-state index in [1.165, 1.54) is 67.6 Å². The van der Waals surface area contributed by atoms with Crippen LogP contribution in [-0.4, -0.2) is 59.9 Å². The smallest absolute Gasteiger partial charge is 0.872 e. The van der Waals surface area contributed by atoms with Crippen molar-refractivity contribution in [3.63, 3.8) is 0 Å². The molecular formula is C43H36Cu2N4O12. The van der Waals surface area contributed by atoms with Crippen molar-refractivity contribution in [3.8, 4) is 40.0 Å². The molecule has 2 radical (unpaired) electrons. The third-order valence-electron chi connectivity index (χ3n) is 6.77. The molecule has 0 aliphatic heterocycles. The van der Waals surface area contributed by atoms with E-state index < -0.39 is 35.4 Å². The number of benzene rings is 3. The molecule has 7 rings (SSSR count). The molecule has 0 saturated carbocycles. The van der Waals surface area contributed by atoms with Gasteiger partial charge < -0.3 is 50.8 Å². The molecule has 322 valence electrons. The predicted octanol–water partition coefficient (Wildman–Crippen LogP) is 2.19. The van der Waals surface area contributed by atoms with Gasteiger partial charge in [-0.05, 0) is 71.8 Å². The molecule has 0 bridgehead atoms. The van der Waals surface area contributed by atoms with E-state index >= 15 is 0 Å². The summed E-state index contributed by atoms with van der Waals surface area (Å²) in [6.07, 6.45) is 7.07. The zero-order valence-corrected chi connectivity index (χ0v) is 33.6. The second kappa shape index (κ2) is 30.7. The number of carboxylic acids is 3. The molecule has 4 heterocycles. The number of nitrogens with zero attached hydrogens (tertiary/aromatic N) is 4. The van der Waals surface area contributed by atoms with Crippen molar-refractivity contribution >= 4 is 23.9 Å². The zero-order valence-electron chi connectivity index (χ0n) is 31.7. The van der Waals surface area contributed by atoms with Crippen LogP contribution in [0.25, 0.3) is 22.8 Å². The summed E-state index contributed by atoms with van der Waals surface area (Å²) in [6, 6.07) is 39.9. The average molecular weight is 928 g/mol. The van der Waals surface area contributed by atoms with E-state index in [0.29, 0.717) is 0 Å². The van der Waals surface area contributed by atoms with Gasteiger partial charge in [-0.3, -0.25) is 24.7 Å². The fourth-order valence-corrected chi connectivity index (χ4v) is 4.21. The Morgan fingerprint density at radius 2 is 0.738 bits per heavy atom. The molecule has 0 spiro atoms. The van der Waals surface area contributed by atoms with E-state index in [2.05, 4.69) is 24.7 Å². The number of hydrogen-bond donors (Lipinski definition) is 1. The van der Waals surface area contributed by atoms with Gasteiger partial charge in [0.15, 0.2) is 0 Å². The first-order chi connectivity index (χ1) is 27.5. The van der Waals surface area contributed by atoms with E-state index in [9.17, 15) is 39.6 Å². The number of pyridine rings is 4. The first-order valence-electron chi connectivity index (χ1n) is 16.6. The maximum atomic E-state index is 10.6. The number of rotatable bonds is 6. The SMILES string of the molecule is CC(=O)Oc1ccccc1C(=O)O.O.O.O=C([O-])c1ccccc1[O-].O=C([O-])c1ccccc1[O-].[Cu+2].[Cu+2].c1ccc(-c2ccccn2)nc1.c1ccc(-c2ccccn2)nc1. The number of carbonyl (C=O) groups is 4. The maximum Gasteiger partial charge on any atom is 2.00 e. The Labute approximate surface area is 370 Å². The van der Waals surface area contributed by atoms with Crippen LogP contribution in [0.4, 0.5) is 0 Å². The summed E-state index contributed by atoms with van der Waals surface area (Å²) in [5, 5.41) is 50.2. The summed E-state index contributed by atoms with van der Waals surface area (Å²) in [4.78, 5) is 58.2. The zero-order chi connectivity index (χ0) is 41.4. The summed E-state index contributed by atoms with van der Waals surface area (Å²) < 4.78 is 4.69. The van der Waals surface area contributed by atoms with Crippen molar-refractivity contribution in [1.82, 2.24) is 19.9 Å². The Morgan fingerprint density at radius 1 is 0.459 bits per heavy atom. The number of para-hydroxylation sites is 3. The molecule has 0 aliphatic rings. The molecule has 0 atom stereocenters. The minimum Gasteiger partial charge on any atom is -0.872 e. The van der Waals surface area contributed by atoms with Gasteiger partial charge >= 0.3 is 46.1 Å². The molecule has 18 heteroatoms. The number of esters is 1. The molecule has 0 unspecified atom stereocenters. The summed E-state index contributed by atoms with van der Waals surface area (Å²) in [5.41, 5.74) is 3.06. The van der Waals surface area contributed by atoms with E-state index in [4.69, 9.17) is 5.11 Å². The van der Waals surface area contributed by atoms with Gasteiger partial charge in [0.2, 0.25) is 0 Å². The van der Waals surface area contributed by atoms with E-state index in [1.54, 1.807) is 36.9 Å². The van der Waals surface area contributed by atoms with Gasteiger partial charge in [-0.2, -0.15) is 0 Å². The van der Waals surface area contributed by atoms with Gasteiger partial charge in [0.05, 0.1) is 34.7 Å². The number of aromatic carboxylic acids is 3. The number of aromatic nitrogens is 4. The quantitative estimate of drug-likeness (QED) is 0.142. The maximum absolute atomic E-state index is 10.6. The average Bonchev–Trinajstić information content (AvgIpc) is 3.23. The van der Waals surface area contributed by atoms with Crippen molar-refractivity contribution in [1.29, 1.82) is 0 Å². The molecular weight excluding hydrogens is 892 g/mol. The Morgan fingerprint density at radius 3 is 0.967 bits per heavy atom. The largest absolute Gasteiger partial charge is 2.00 e. The van der Waals surface area contributed by atoms with Gasteiger partial charge in [0.25, 0.3) is 0 Å². The molecule has 3 aromatic carbocycles. The molecule has 5 N–H and O–H groups in total. The number of carboxylic acid groups (broad SMARTS) is 3. The summed E-state index contributed by atoms with van der Waals surface area (Å²) in [5.74, 6) is -5.45. The molecule has 4 aromatic heterocycles. The Balaban J connectivity index is 0. The standard InChI is InChI=1S/2C10H8N2.C9H8O4.2C7H6O3.2Cu.2H2O/c2*1-3-7-11-9(5-1)10-6-2-4-8-12-10;1-6(10)13-8-5-3-2-4-7(8)9(11)12;2*8-6-4-2-1-3-5(6)7(9)10;;;;/h2*1-8H;2-5H,1H3,(H,11,12);2*1-4,8H,(H,9,10);;;2*1H2/q;;;;;2*+2;;/p-4. The number of hydrogen-bond acceptors (Lipinski definition) is 13. The van der Waals surface area contributed by atoms with E-state index in [1.807, 2.05) is 72.8 Å². The van der Waals surface area contributed by atoms with Gasteiger partial charge in [-0.25, -0.2) is 4.79 Å². The number of ether oxygens (including phenoxy) is 1. The van der Waals surface area contributed by atoms with E-state index in [0.717, 1.165) is 22.8 Å². The molecule has 0 saturated heterocycles. The molecule has 0 fully saturated rings. The fourth-order valence-electron chi connectivity index (χ4n) is 4.21.